The predicted octanol–water partition coefficient (Wildman–Crippen LogP) is -5.27. The molecular weight excluding hydrogens is 989 g/mol. The second-order valence-corrected chi connectivity index (χ2v) is 15.5. The highest BCUT2D eigenvalue weighted by Gasteiger charge is 2.37. The molecule has 1 aromatic heterocycles. The second-order valence-electron chi connectivity index (χ2n) is 15.5. The largest absolute Gasteiger partial charge is 0.370 e. The number of carbonyl (C=O) groups is 6. The van der Waals surface area contributed by atoms with Gasteiger partial charge in [-0.15, -0.1) is 0 Å². The van der Waals surface area contributed by atoms with E-state index < -0.39 is 130 Å². The van der Waals surface area contributed by atoms with Gasteiger partial charge in [-0.2, -0.15) is 0 Å². The molecule has 24 N–H and O–H groups in total. The maximum absolute atomic E-state index is 14.4. The second kappa shape index (κ2) is 24.2. The molecule has 5 aromatic rings. The Kier molecular flexibility index (Phi) is 17.7. The van der Waals surface area contributed by atoms with E-state index >= 15 is 0 Å². The van der Waals surface area contributed by atoms with Crippen LogP contribution in [0.4, 0.5) is 17.2 Å². The Labute approximate surface area is 421 Å². The third-order valence-corrected chi connectivity index (χ3v) is 10.2. The molecule has 0 aliphatic carbocycles. The third-order valence-electron chi connectivity index (χ3n) is 10.2. The van der Waals surface area contributed by atoms with Crippen LogP contribution in [0.2, 0.25) is 0 Å². The van der Waals surface area contributed by atoms with Gasteiger partial charge in [-0.3, -0.25) is 49.0 Å². The van der Waals surface area contributed by atoms with Crippen molar-refractivity contribution in [1.82, 2.24) is 31.6 Å². The molecule has 6 unspecified atom stereocenters. The summed E-state index contributed by atoms with van der Waals surface area (Å²) in [6.07, 6.45) is -10.3. The van der Waals surface area contributed by atoms with Gasteiger partial charge in [0.05, 0.1) is 15.9 Å². The molecule has 75 heavy (non-hydrogen) atoms. The maximum atomic E-state index is 14.4. The number of rotatable bonds is 22. The number of carbonyl (C=O) groups excluding carboxylic acids is 6. The number of benzene rings is 4. The monoisotopic (exact) mass is 1040 g/mol. The van der Waals surface area contributed by atoms with Gasteiger partial charge in [0.15, 0.2) is 23.8 Å². The number of fused-ring (bicyclic) bond motifs is 3. The van der Waals surface area contributed by atoms with Crippen molar-refractivity contribution in [3.8, 4) is 0 Å². The topological polar surface area (TPSA) is 569 Å². The van der Waals surface area contributed by atoms with Crippen LogP contribution >= 0.6 is 0 Å². The number of hydrogen-bond donors (Lipinski definition) is 15. The quantitative estimate of drug-likeness (QED) is 0.00769. The van der Waals surface area contributed by atoms with Gasteiger partial charge < -0.3 is 88.2 Å². The van der Waals surface area contributed by atoms with E-state index in [1.54, 1.807) is 36.4 Å². The Hall–Kier alpha value is -11.0. The number of aromatic nitrogens is 1. The lowest BCUT2D eigenvalue weighted by atomic mass is 9.97. The minimum Gasteiger partial charge on any atom is -0.370 e. The number of nitrogens with zero attached hydrogens (tertiary/aromatic N) is 8. The Morgan fingerprint density at radius 1 is 0.560 bits per heavy atom. The van der Waals surface area contributed by atoms with Crippen molar-refractivity contribution >= 4 is 98.0 Å². The molecule has 0 aliphatic rings. The number of aliphatic imine (C=N–C) groups is 4. The standard InChI is InChI=1S/C42H48N22O11/c43-27(65)28(58-39(44)45)54-34(67)30(60-41(48)49)56-36(69)31(61-42(50)51)57-35(68)29(59-40(46)47)55-33(66)26(18-8-2-1-3-9-18)53-37(70)38(71)62(32-25(64(74)75)15-21(16-52-32)63(72)73)17-20-14-19-10-4-5-11-22(19)24-13-7-6-12-23(20)24/h1-16,26,28-31,38,71H,17H2,(H2,43,65)(H,53,70)(H,54,67)(H,55,66)(H,56,69)(H,57,68)(H4,44,45,58)(H4,46,47,59)(H4,48,49,60)(H4,50,51,61). The summed E-state index contributed by atoms with van der Waals surface area (Å²) < 4.78 is 0. The number of anilines is 1. The zero-order valence-electron chi connectivity index (χ0n) is 38.7. The van der Waals surface area contributed by atoms with Gasteiger partial charge in [0.2, 0.25) is 42.6 Å². The van der Waals surface area contributed by atoms with E-state index in [4.69, 9.17) is 51.6 Å². The lowest BCUT2D eigenvalue weighted by molar-refractivity contribution is -0.394. The molecule has 0 spiro atoms. The summed E-state index contributed by atoms with van der Waals surface area (Å²) in [5.41, 5.74) is 47.5. The van der Waals surface area contributed by atoms with Crippen molar-refractivity contribution in [2.45, 2.75) is 43.5 Å². The highest BCUT2D eigenvalue weighted by Crippen LogP contribution is 2.35. The first-order valence-electron chi connectivity index (χ1n) is 21.3. The lowest BCUT2D eigenvalue weighted by Crippen LogP contribution is -2.58. The smallest absolute Gasteiger partial charge is 0.318 e. The number of nitro groups is 2. The molecule has 0 saturated heterocycles. The maximum Gasteiger partial charge on any atom is 0.318 e. The van der Waals surface area contributed by atoms with Crippen molar-refractivity contribution in [3.63, 3.8) is 0 Å². The van der Waals surface area contributed by atoms with Crippen LogP contribution in [0.25, 0.3) is 21.5 Å². The first-order chi connectivity index (χ1) is 35.4. The molecule has 6 atom stereocenters. The fourth-order valence-electron chi connectivity index (χ4n) is 7.01. The number of primary amides is 1. The summed E-state index contributed by atoms with van der Waals surface area (Å²) in [4.78, 5) is 123. The van der Waals surface area contributed by atoms with E-state index in [9.17, 15) is 54.1 Å². The molecule has 6 amide bonds. The number of aliphatic hydroxyl groups is 1. The molecule has 33 nitrogen and oxygen atoms in total. The van der Waals surface area contributed by atoms with E-state index in [1.165, 1.54) is 30.3 Å². The molecule has 33 heteroatoms. The summed E-state index contributed by atoms with van der Waals surface area (Å²) in [5.74, 6) is -12.1. The first-order valence-corrected chi connectivity index (χ1v) is 21.3. The highest BCUT2D eigenvalue weighted by molar-refractivity contribution is 6.09. The molecule has 1 heterocycles. The van der Waals surface area contributed by atoms with Gasteiger partial charge in [0.1, 0.15) is 12.2 Å². The van der Waals surface area contributed by atoms with Crippen molar-refractivity contribution in [3.05, 3.63) is 129 Å². The van der Waals surface area contributed by atoms with E-state index in [0.717, 1.165) is 15.7 Å². The van der Waals surface area contributed by atoms with E-state index in [2.05, 4.69) is 35.6 Å². The number of pyridine rings is 1. The first kappa shape index (κ1) is 54.9. The van der Waals surface area contributed by atoms with E-state index in [0.29, 0.717) is 28.6 Å². The Balaban J connectivity index is 1.49. The molecule has 0 fully saturated rings. The van der Waals surface area contributed by atoms with Crippen LogP contribution < -0.4 is 83.1 Å². The number of guanidine groups is 4. The van der Waals surface area contributed by atoms with Crippen molar-refractivity contribution in [2.24, 2.45) is 71.6 Å². The number of hydrogen-bond acceptors (Lipinski definition) is 17. The van der Waals surface area contributed by atoms with Crippen LogP contribution in [0.1, 0.15) is 17.2 Å². The van der Waals surface area contributed by atoms with Crippen molar-refractivity contribution in [2.75, 3.05) is 4.90 Å². The molecule has 0 radical (unpaired) electrons. The van der Waals surface area contributed by atoms with Gasteiger partial charge in [0.25, 0.3) is 35.2 Å². The minimum atomic E-state index is -2.48. The summed E-state index contributed by atoms with van der Waals surface area (Å²) in [6.45, 7) is -0.506. The molecular formula is C42H48N22O11. The zero-order chi connectivity index (χ0) is 55.3. The molecule has 0 saturated carbocycles. The number of aliphatic hydroxyl groups excluding tert-OH is 1. The highest BCUT2D eigenvalue weighted by atomic mass is 16.6. The Bertz CT molecular complexity index is 3160. The third kappa shape index (κ3) is 14.3. The summed E-state index contributed by atoms with van der Waals surface area (Å²) >= 11 is 0. The van der Waals surface area contributed by atoms with Crippen LogP contribution in [-0.2, 0) is 35.3 Å². The number of amides is 6. The number of nitrogens with two attached hydrogens (primary N) is 9. The van der Waals surface area contributed by atoms with Crippen LogP contribution in [0.15, 0.2) is 117 Å². The fourth-order valence-corrected chi connectivity index (χ4v) is 7.01. The van der Waals surface area contributed by atoms with Crippen molar-refractivity contribution < 1.29 is 43.7 Å². The average Bonchev–Trinajstić information content (AvgIpc) is 3.35. The number of nitrogens with one attached hydrogen (secondary N) is 5. The molecule has 4 aromatic carbocycles. The normalized spacial score (nSPS) is 13.1. The lowest BCUT2D eigenvalue weighted by Gasteiger charge is -2.30. The van der Waals surface area contributed by atoms with Crippen molar-refractivity contribution in [1.29, 1.82) is 0 Å². The van der Waals surface area contributed by atoms with Crippen LogP contribution in [0.5, 0.6) is 0 Å². The predicted molar refractivity (Wildman–Crippen MR) is 269 cm³/mol. The van der Waals surface area contributed by atoms with Gasteiger partial charge in [-0.25, -0.2) is 25.0 Å². The Morgan fingerprint density at radius 3 is 1.51 bits per heavy atom. The van der Waals surface area contributed by atoms with Gasteiger partial charge in [0, 0.05) is 6.54 Å². The van der Waals surface area contributed by atoms with Crippen LogP contribution in [0.3, 0.4) is 0 Å². The van der Waals surface area contributed by atoms with Crippen LogP contribution in [0, 0.1) is 20.2 Å². The Morgan fingerprint density at radius 2 is 1.01 bits per heavy atom. The molecule has 0 aliphatic heterocycles. The molecule has 0 bridgehead atoms. The van der Waals surface area contributed by atoms with Gasteiger partial charge in [-0.05, 0) is 38.7 Å². The minimum absolute atomic E-state index is 0.00820. The summed E-state index contributed by atoms with van der Waals surface area (Å²) in [5, 5.41) is 49.6. The molecule has 5 rings (SSSR count). The average molecular weight is 1040 g/mol. The summed E-state index contributed by atoms with van der Waals surface area (Å²) in [6, 6.07) is 21.8. The SMILES string of the molecule is NC(=O)C(N=C(N)N)NC(=O)C(N=C(N)N)NC(=O)C(N=C(N)N)NC(=O)C(N=C(N)N)NC(=O)C(NC(=O)C(O)N(Cc1cc2ccccc2c2ccccc12)c1ncc([N+](=O)[O-])cc1[N+](=O)[O-])c1ccccc1. The van der Waals surface area contributed by atoms with E-state index in [-0.39, 0.29) is 5.56 Å². The fraction of sp³-hybridized carbons (Fsp3) is 0.167. The summed E-state index contributed by atoms with van der Waals surface area (Å²) in [7, 11) is 0. The van der Waals surface area contributed by atoms with Crippen LogP contribution in [-0.4, -0.2) is 110 Å². The van der Waals surface area contributed by atoms with E-state index in [1.807, 2.05) is 34.1 Å². The van der Waals surface area contributed by atoms with Gasteiger partial charge >= 0.3 is 5.69 Å². The molecule has 392 valence electrons. The zero-order valence-corrected chi connectivity index (χ0v) is 38.7. The van der Waals surface area contributed by atoms with Gasteiger partial charge in [-0.1, -0.05) is 78.9 Å².